The van der Waals surface area contributed by atoms with Crippen molar-refractivity contribution in [2.45, 2.75) is 58.2 Å². The zero-order valence-corrected chi connectivity index (χ0v) is 13.3. The second kappa shape index (κ2) is 4.88. The molecule has 1 unspecified atom stereocenters. The number of hydrogen-bond donors (Lipinski definition) is 0. The van der Waals surface area contributed by atoms with E-state index in [0.717, 1.165) is 23.2 Å². The first kappa shape index (κ1) is 13.4. The average molecular weight is 304 g/mol. The van der Waals surface area contributed by atoms with Crippen molar-refractivity contribution < 1.29 is 0 Å². The third kappa shape index (κ3) is 2.62. The lowest BCUT2D eigenvalue weighted by Crippen LogP contribution is -2.36. The van der Waals surface area contributed by atoms with Crippen molar-refractivity contribution in [3.05, 3.63) is 27.1 Å². The van der Waals surface area contributed by atoms with Gasteiger partial charge in [0, 0.05) is 24.7 Å². The van der Waals surface area contributed by atoms with Gasteiger partial charge in [0.15, 0.2) is 0 Å². The Labute approximate surface area is 127 Å². The van der Waals surface area contributed by atoms with E-state index in [1.54, 1.807) is 6.07 Å². The fraction of sp³-hybridized carbons (Fsp3) is 0.667. The van der Waals surface area contributed by atoms with Crippen molar-refractivity contribution in [1.82, 2.24) is 19.5 Å². The molecule has 4 rings (SSSR count). The fourth-order valence-corrected chi connectivity index (χ4v) is 3.85. The molecule has 21 heavy (non-hydrogen) atoms. The molecule has 1 atom stereocenters. The zero-order valence-electron chi connectivity index (χ0n) is 12.5. The highest BCUT2D eigenvalue weighted by Gasteiger charge is 2.39. The van der Waals surface area contributed by atoms with Crippen LogP contribution < -0.4 is 5.56 Å². The molecular formula is C15H20N4OS. The number of hydrogen-bond acceptors (Lipinski definition) is 5. The van der Waals surface area contributed by atoms with E-state index in [-0.39, 0.29) is 5.56 Å². The summed E-state index contributed by atoms with van der Waals surface area (Å²) < 4.78 is 1.41. The van der Waals surface area contributed by atoms with Crippen LogP contribution >= 0.6 is 11.3 Å². The van der Waals surface area contributed by atoms with Gasteiger partial charge in [-0.3, -0.25) is 9.69 Å². The summed E-state index contributed by atoms with van der Waals surface area (Å²) in [5.74, 6) is 0.848. The fourth-order valence-electron chi connectivity index (χ4n) is 3.08. The first-order valence-corrected chi connectivity index (χ1v) is 8.55. The maximum Gasteiger partial charge on any atom is 0.275 e. The van der Waals surface area contributed by atoms with Crippen LogP contribution in [-0.2, 0) is 6.54 Å². The number of rotatable bonds is 5. The molecule has 0 aromatic carbocycles. The third-order valence-electron chi connectivity index (χ3n) is 4.59. The van der Waals surface area contributed by atoms with Gasteiger partial charge in [0.1, 0.15) is 5.01 Å². The molecule has 2 aromatic rings. The quantitative estimate of drug-likeness (QED) is 0.850. The van der Waals surface area contributed by atoms with Gasteiger partial charge in [0.2, 0.25) is 4.96 Å². The molecule has 0 saturated heterocycles. The second-order valence-corrected chi connectivity index (χ2v) is 7.54. The predicted octanol–water partition coefficient (Wildman–Crippen LogP) is 2.22. The molecule has 0 N–H and O–H groups in total. The first-order valence-electron chi connectivity index (χ1n) is 7.74. The van der Waals surface area contributed by atoms with Crippen LogP contribution in [0.2, 0.25) is 0 Å². The van der Waals surface area contributed by atoms with Crippen LogP contribution in [0.3, 0.4) is 0 Å². The van der Waals surface area contributed by atoms with Gasteiger partial charge in [-0.05, 0) is 45.4 Å². The second-order valence-electron chi connectivity index (χ2n) is 6.38. The van der Waals surface area contributed by atoms with E-state index in [9.17, 15) is 4.79 Å². The van der Waals surface area contributed by atoms with Crippen molar-refractivity contribution >= 4 is 16.3 Å². The van der Waals surface area contributed by atoms with Crippen molar-refractivity contribution in [2.24, 2.45) is 5.92 Å². The summed E-state index contributed by atoms with van der Waals surface area (Å²) in [5.41, 5.74) is 0.831. The van der Waals surface area contributed by atoms with E-state index >= 15 is 0 Å². The molecule has 2 saturated carbocycles. The molecule has 0 aliphatic heterocycles. The monoisotopic (exact) mass is 304 g/mol. The molecule has 2 aliphatic carbocycles. The smallest absolute Gasteiger partial charge is 0.275 e. The van der Waals surface area contributed by atoms with Gasteiger partial charge in [-0.15, -0.1) is 0 Å². The van der Waals surface area contributed by atoms with Crippen molar-refractivity contribution in [2.75, 3.05) is 0 Å². The Balaban J connectivity index is 1.64. The minimum absolute atomic E-state index is 0.0610. The van der Waals surface area contributed by atoms with Crippen molar-refractivity contribution in [1.29, 1.82) is 0 Å². The largest absolute Gasteiger partial charge is 0.292 e. The molecule has 0 spiro atoms. The van der Waals surface area contributed by atoms with Gasteiger partial charge in [-0.2, -0.15) is 9.61 Å². The first-order chi connectivity index (χ1) is 10.1. The number of aryl methyl sites for hydroxylation is 1. The van der Waals surface area contributed by atoms with Crippen LogP contribution in [-0.4, -0.2) is 31.6 Å². The maximum absolute atomic E-state index is 12.1. The van der Waals surface area contributed by atoms with Crippen molar-refractivity contribution in [3.63, 3.8) is 0 Å². The summed E-state index contributed by atoms with van der Waals surface area (Å²) in [7, 11) is 0. The lowest BCUT2D eigenvalue weighted by Gasteiger charge is -2.28. The Bertz CT molecular complexity index is 729. The molecule has 112 valence electrons. The lowest BCUT2D eigenvalue weighted by molar-refractivity contribution is 0.168. The van der Waals surface area contributed by atoms with Crippen LogP contribution in [0.15, 0.2) is 10.9 Å². The summed E-state index contributed by atoms with van der Waals surface area (Å²) in [5, 5.41) is 5.08. The zero-order chi connectivity index (χ0) is 14.6. The molecule has 0 bridgehead atoms. The van der Waals surface area contributed by atoms with E-state index in [2.05, 4.69) is 21.9 Å². The summed E-state index contributed by atoms with van der Waals surface area (Å²) in [6.45, 7) is 5.04. The Morgan fingerprint density at radius 1 is 1.43 bits per heavy atom. The predicted molar refractivity (Wildman–Crippen MR) is 82.6 cm³/mol. The van der Waals surface area contributed by atoms with E-state index in [1.165, 1.54) is 41.5 Å². The van der Waals surface area contributed by atoms with Gasteiger partial charge in [0.05, 0.1) is 5.69 Å². The molecule has 5 nitrogen and oxygen atoms in total. The van der Waals surface area contributed by atoms with Gasteiger partial charge in [-0.1, -0.05) is 11.3 Å². The van der Waals surface area contributed by atoms with Gasteiger partial charge >= 0.3 is 0 Å². The molecule has 2 heterocycles. The normalized spacial score (nSPS) is 20.3. The lowest BCUT2D eigenvalue weighted by atomic mass is 10.1. The third-order valence-corrected chi connectivity index (χ3v) is 5.41. The molecule has 2 fully saturated rings. The summed E-state index contributed by atoms with van der Waals surface area (Å²) in [4.78, 5) is 20.1. The SMILES string of the molecule is Cc1nn2c(=O)cc(CN(C3CC3)C(C)C3CC3)nc2s1. The highest BCUT2D eigenvalue weighted by molar-refractivity contribution is 7.16. The summed E-state index contributed by atoms with van der Waals surface area (Å²) in [6, 6.07) is 2.96. The van der Waals surface area contributed by atoms with Crippen molar-refractivity contribution in [3.8, 4) is 0 Å². The number of aromatic nitrogens is 3. The Hall–Kier alpha value is -1.27. The maximum atomic E-state index is 12.1. The van der Waals surface area contributed by atoms with Gasteiger partial charge in [-0.25, -0.2) is 4.98 Å². The van der Waals surface area contributed by atoms with Crippen LogP contribution in [0.1, 0.15) is 43.3 Å². The molecule has 0 radical (unpaired) electrons. The van der Waals surface area contributed by atoms with Crippen LogP contribution in [0.4, 0.5) is 0 Å². The standard InChI is InChI=1S/C15H20N4OS/c1-9(11-3-4-11)18(13-5-6-13)8-12-7-14(20)19-15(16-12)21-10(2)17-19/h7,9,11,13H,3-6,8H2,1-2H3. The van der Waals surface area contributed by atoms with E-state index < -0.39 is 0 Å². The summed E-state index contributed by atoms with van der Waals surface area (Å²) >= 11 is 1.48. The van der Waals surface area contributed by atoms with E-state index in [1.807, 2.05) is 6.92 Å². The Morgan fingerprint density at radius 2 is 2.19 bits per heavy atom. The van der Waals surface area contributed by atoms with Crippen LogP contribution in [0, 0.1) is 12.8 Å². The topological polar surface area (TPSA) is 50.5 Å². The minimum Gasteiger partial charge on any atom is -0.292 e. The highest BCUT2D eigenvalue weighted by atomic mass is 32.1. The van der Waals surface area contributed by atoms with Gasteiger partial charge in [0.25, 0.3) is 5.56 Å². The summed E-state index contributed by atoms with van der Waals surface area (Å²) in [6.07, 6.45) is 5.29. The number of nitrogens with zero attached hydrogens (tertiary/aromatic N) is 4. The Morgan fingerprint density at radius 3 is 2.86 bits per heavy atom. The van der Waals surface area contributed by atoms with Crippen LogP contribution in [0.5, 0.6) is 0 Å². The number of fused-ring (bicyclic) bond motifs is 1. The van der Waals surface area contributed by atoms with Crippen LogP contribution in [0.25, 0.3) is 4.96 Å². The highest BCUT2D eigenvalue weighted by Crippen LogP contribution is 2.40. The van der Waals surface area contributed by atoms with E-state index in [4.69, 9.17) is 0 Å². The molecule has 2 aliphatic rings. The average Bonchev–Trinajstić information content (AvgIpc) is 3.33. The molecule has 6 heteroatoms. The van der Waals surface area contributed by atoms with E-state index in [0.29, 0.717) is 17.0 Å². The molecular weight excluding hydrogens is 284 g/mol. The Kier molecular flexibility index (Phi) is 3.11. The molecule has 2 aromatic heterocycles. The minimum atomic E-state index is -0.0610. The molecule has 0 amide bonds. The van der Waals surface area contributed by atoms with Gasteiger partial charge < -0.3 is 0 Å².